The van der Waals surface area contributed by atoms with E-state index < -0.39 is 0 Å². The Balaban J connectivity index is 3.05. The van der Waals surface area contributed by atoms with E-state index in [4.69, 9.17) is 5.73 Å². The van der Waals surface area contributed by atoms with Gasteiger partial charge in [0.2, 0.25) is 0 Å². The summed E-state index contributed by atoms with van der Waals surface area (Å²) in [6.45, 7) is 11.0. The van der Waals surface area contributed by atoms with Gasteiger partial charge in [-0.25, -0.2) is 0 Å². The van der Waals surface area contributed by atoms with Crippen LogP contribution >= 0.6 is 0 Å². The third kappa shape index (κ3) is 3.80. The van der Waals surface area contributed by atoms with Crippen LogP contribution in [-0.4, -0.2) is 24.0 Å². The number of hydrogen-bond acceptors (Lipinski definition) is 2. The SMILES string of the molecule is CCCCC(N)(c1ccccc1)C(C)N(CC)CC. The van der Waals surface area contributed by atoms with Crippen LogP contribution in [0.25, 0.3) is 0 Å². The van der Waals surface area contributed by atoms with Gasteiger partial charge in [-0.1, -0.05) is 63.9 Å². The minimum absolute atomic E-state index is 0.247. The summed E-state index contributed by atoms with van der Waals surface area (Å²) in [6.07, 6.45) is 3.42. The van der Waals surface area contributed by atoms with E-state index >= 15 is 0 Å². The van der Waals surface area contributed by atoms with Crippen molar-refractivity contribution in [1.82, 2.24) is 4.90 Å². The average molecular weight is 262 g/mol. The largest absolute Gasteiger partial charge is 0.320 e. The number of rotatable bonds is 8. The molecule has 1 rings (SSSR count). The lowest BCUT2D eigenvalue weighted by Crippen LogP contribution is -2.54. The Morgan fingerprint density at radius 1 is 1.11 bits per heavy atom. The Morgan fingerprint density at radius 2 is 1.68 bits per heavy atom. The Morgan fingerprint density at radius 3 is 2.16 bits per heavy atom. The molecule has 0 heterocycles. The molecule has 0 aliphatic rings. The van der Waals surface area contributed by atoms with Gasteiger partial charge >= 0.3 is 0 Å². The quantitative estimate of drug-likeness (QED) is 0.773. The minimum Gasteiger partial charge on any atom is -0.320 e. The molecule has 2 nitrogen and oxygen atoms in total. The summed E-state index contributed by atoms with van der Waals surface area (Å²) in [5.74, 6) is 0. The number of benzene rings is 1. The first kappa shape index (κ1) is 16.2. The fraction of sp³-hybridized carbons (Fsp3) is 0.647. The lowest BCUT2D eigenvalue weighted by atomic mass is 9.79. The van der Waals surface area contributed by atoms with Crippen molar-refractivity contribution in [2.75, 3.05) is 13.1 Å². The molecular formula is C17H30N2. The van der Waals surface area contributed by atoms with Crippen molar-refractivity contribution in [2.45, 2.75) is 58.5 Å². The van der Waals surface area contributed by atoms with Crippen LogP contribution in [-0.2, 0) is 5.54 Å². The summed E-state index contributed by atoms with van der Waals surface area (Å²) in [6, 6.07) is 11.0. The van der Waals surface area contributed by atoms with Crippen molar-refractivity contribution in [1.29, 1.82) is 0 Å². The van der Waals surface area contributed by atoms with Gasteiger partial charge in [0.1, 0.15) is 0 Å². The molecule has 2 heteroatoms. The molecule has 0 amide bonds. The van der Waals surface area contributed by atoms with E-state index in [-0.39, 0.29) is 5.54 Å². The van der Waals surface area contributed by atoms with Gasteiger partial charge < -0.3 is 5.73 Å². The highest BCUT2D eigenvalue weighted by Crippen LogP contribution is 2.31. The highest BCUT2D eigenvalue weighted by molar-refractivity contribution is 5.26. The number of nitrogens with zero attached hydrogens (tertiary/aromatic N) is 1. The topological polar surface area (TPSA) is 29.3 Å². The molecule has 1 aromatic rings. The molecule has 0 saturated carbocycles. The summed E-state index contributed by atoms with van der Waals surface area (Å²) in [5.41, 5.74) is 7.88. The summed E-state index contributed by atoms with van der Waals surface area (Å²) in [4.78, 5) is 2.46. The first-order valence-electron chi connectivity index (χ1n) is 7.68. The zero-order valence-corrected chi connectivity index (χ0v) is 13.0. The van der Waals surface area contributed by atoms with E-state index in [1.54, 1.807) is 0 Å². The summed E-state index contributed by atoms with van der Waals surface area (Å²) >= 11 is 0. The van der Waals surface area contributed by atoms with Gasteiger partial charge in [0, 0.05) is 6.04 Å². The fourth-order valence-electron chi connectivity index (χ4n) is 2.91. The number of likely N-dealkylation sites (N-methyl/N-ethyl adjacent to an activating group) is 1. The normalized spacial score (nSPS) is 16.3. The first-order chi connectivity index (χ1) is 9.10. The van der Waals surface area contributed by atoms with E-state index in [2.05, 4.69) is 62.9 Å². The Hall–Kier alpha value is -0.860. The molecule has 0 radical (unpaired) electrons. The van der Waals surface area contributed by atoms with Gasteiger partial charge in [0.25, 0.3) is 0 Å². The second-order valence-electron chi connectivity index (χ2n) is 5.41. The van der Waals surface area contributed by atoms with Crippen molar-refractivity contribution in [3.63, 3.8) is 0 Å². The molecule has 0 bridgehead atoms. The van der Waals surface area contributed by atoms with Gasteiger partial charge in [-0.05, 0) is 32.0 Å². The van der Waals surface area contributed by atoms with Crippen LogP contribution in [0.15, 0.2) is 30.3 Å². The number of nitrogens with two attached hydrogens (primary N) is 1. The van der Waals surface area contributed by atoms with Crippen LogP contribution in [0.5, 0.6) is 0 Å². The van der Waals surface area contributed by atoms with Crippen LogP contribution in [0.4, 0.5) is 0 Å². The van der Waals surface area contributed by atoms with Gasteiger partial charge in [-0.2, -0.15) is 0 Å². The van der Waals surface area contributed by atoms with Crippen molar-refractivity contribution < 1.29 is 0 Å². The molecule has 0 saturated heterocycles. The Labute approximate surface area is 119 Å². The van der Waals surface area contributed by atoms with Crippen LogP contribution in [0.3, 0.4) is 0 Å². The number of hydrogen-bond donors (Lipinski definition) is 1. The van der Waals surface area contributed by atoms with Crippen LogP contribution in [0, 0.1) is 0 Å². The van der Waals surface area contributed by atoms with Crippen LogP contribution in [0.1, 0.15) is 52.5 Å². The summed E-state index contributed by atoms with van der Waals surface area (Å²) in [5, 5.41) is 0. The fourth-order valence-corrected chi connectivity index (χ4v) is 2.91. The molecule has 0 spiro atoms. The van der Waals surface area contributed by atoms with E-state index in [1.165, 1.54) is 18.4 Å². The monoisotopic (exact) mass is 262 g/mol. The molecule has 0 fully saturated rings. The Kier molecular flexibility index (Phi) is 6.53. The number of unbranched alkanes of at least 4 members (excludes halogenated alkanes) is 1. The molecule has 19 heavy (non-hydrogen) atoms. The molecule has 2 unspecified atom stereocenters. The van der Waals surface area contributed by atoms with E-state index in [9.17, 15) is 0 Å². The summed E-state index contributed by atoms with van der Waals surface area (Å²) in [7, 11) is 0. The minimum atomic E-state index is -0.247. The van der Waals surface area contributed by atoms with Crippen molar-refractivity contribution >= 4 is 0 Å². The molecule has 0 aromatic heterocycles. The maximum atomic E-state index is 6.86. The smallest absolute Gasteiger partial charge is 0.0564 e. The van der Waals surface area contributed by atoms with Gasteiger partial charge in [-0.15, -0.1) is 0 Å². The first-order valence-corrected chi connectivity index (χ1v) is 7.68. The van der Waals surface area contributed by atoms with Gasteiger partial charge in [0.05, 0.1) is 5.54 Å². The van der Waals surface area contributed by atoms with Crippen molar-refractivity contribution in [3.05, 3.63) is 35.9 Å². The van der Waals surface area contributed by atoms with E-state index in [1.807, 2.05) is 0 Å². The molecule has 0 aliphatic carbocycles. The predicted molar refractivity (Wildman–Crippen MR) is 84.2 cm³/mol. The maximum absolute atomic E-state index is 6.86. The third-order valence-corrected chi connectivity index (χ3v) is 4.36. The van der Waals surface area contributed by atoms with Gasteiger partial charge in [-0.3, -0.25) is 4.90 Å². The zero-order chi connectivity index (χ0) is 14.3. The van der Waals surface area contributed by atoms with Crippen LogP contribution in [0.2, 0.25) is 0 Å². The third-order valence-electron chi connectivity index (χ3n) is 4.36. The molecule has 2 atom stereocenters. The van der Waals surface area contributed by atoms with Crippen molar-refractivity contribution in [3.8, 4) is 0 Å². The molecule has 2 N–H and O–H groups in total. The standard InChI is InChI=1S/C17H30N2/c1-5-8-14-17(18,15(4)19(6-2)7-3)16-12-10-9-11-13-16/h9-13,15H,5-8,14,18H2,1-4H3. The van der Waals surface area contributed by atoms with E-state index in [0.717, 1.165) is 19.5 Å². The van der Waals surface area contributed by atoms with E-state index in [0.29, 0.717) is 6.04 Å². The predicted octanol–water partition coefficient (Wildman–Crippen LogP) is 3.76. The highest BCUT2D eigenvalue weighted by Gasteiger charge is 2.35. The molecule has 1 aromatic carbocycles. The average Bonchev–Trinajstić information content (AvgIpc) is 2.46. The van der Waals surface area contributed by atoms with Crippen LogP contribution < -0.4 is 5.73 Å². The lowest BCUT2D eigenvalue weighted by molar-refractivity contribution is 0.134. The lowest BCUT2D eigenvalue weighted by Gasteiger charge is -2.42. The zero-order valence-electron chi connectivity index (χ0n) is 13.0. The molecule has 108 valence electrons. The van der Waals surface area contributed by atoms with Gasteiger partial charge in [0.15, 0.2) is 0 Å². The maximum Gasteiger partial charge on any atom is 0.0564 e. The van der Waals surface area contributed by atoms with Crippen molar-refractivity contribution in [2.24, 2.45) is 5.73 Å². The highest BCUT2D eigenvalue weighted by atomic mass is 15.2. The second-order valence-corrected chi connectivity index (χ2v) is 5.41. The molecule has 0 aliphatic heterocycles. The Bertz CT molecular complexity index is 346. The summed E-state index contributed by atoms with van der Waals surface area (Å²) < 4.78 is 0. The second kappa shape index (κ2) is 7.66. The molecular weight excluding hydrogens is 232 g/mol.